The highest BCUT2D eigenvalue weighted by atomic mass is 28.4. The zero-order valence-electron chi connectivity index (χ0n) is 17.5. The van der Waals surface area contributed by atoms with Crippen molar-refractivity contribution in [3.05, 3.63) is 23.8 Å². The molecule has 0 amide bonds. The third-order valence-corrected chi connectivity index (χ3v) is 10.9. The van der Waals surface area contributed by atoms with Crippen molar-refractivity contribution in [3.8, 4) is 0 Å². The predicted octanol–water partition coefficient (Wildman–Crippen LogP) is 5.06. The van der Waals surface area contributed by atoms with Crippen molar-refractivity contribution in [2.45, 2.75) is 84.5 Å². The van der Waals surface area contributed by atoms with Gasteiger partial charge in [-0.05, 0) is 60.7 Å². The van der Waals surface area contributed by atoms with E-state index in [-0.39, 0.29) is 17.1 Å². The monoisotopic (exact) mass is 368 g/mol. The maximum absolute atomic E-state index is 10.7. The average molecular weight is 369 g/mol. The summed E-state index contributed by atoms with van der Waals surface area (Å²) in [6.07, 6.45) is 5.28. The molecule has 0 bridgehead atoms. The molecule has 1 fully saturated rings. The summed E-state index contributed by atoms with van der Waals surface area (Å²) in [7, 11) is -1.82. The highest BCUT2D eigenvalue weighted by Crippen LogP contribution is 2.45. The number of aliphatic hydroxyl groups excluding tert-OH is 2. The molecule has 0 aromatic heterocycles. The standard InChI is InChI=1S/C21H40O3Si/c1-16-10-9-12-21(5,6)18(16)14-19(23)17(15-22)11-13-24-25(7,8)20(2,3)4/h11,18-19,22-23H,1,9-10,12-15H2,2-8H3/b17-11+/t18-,19-/m1/s1. The Morgan fingerprint density at radius 3 is 2.48 bits per heavy atom. The number of hydrogen-bond acceptors (Lipinski definition) is 3. The first-order valence-corrected chi connectivity index (χ1v) is 12.5. The molecule has 3 nitrogen and oxygen atoms in total. The van der Waals surface area contributed by atoms with Crippen LogP contribution in [0, 0.1) is 11.3 Å². The summed E-state index contributed by atoms with van der Waals surface area (Å²) in [5, 5.41) is 20.6. The summed E-state index contributed by atoms with van der Waals surface area (Å²) >= 11 is 0. The van der Waals surface area contributed by atoms with E-state index in [0.29, 0.717) is 24.5 Å². The van der Waals surface area contributed by atoms with Crippen LogP contribution in [0.25, 0.3) is 0 Å². The van der Waals surface area contributed by atoms with Gasteiger partial charge in [0.2, 0.25) is 0 Å². The van der Waals surface area contributed by atoms with Crippen molar-refractivity contribution >= 4 is 8.32 Å². The van der Waals surface area contributed by atoms with Gasteiger partial charge >= 0.3 is 0 Å². The summed E-state index contributed by atoms with van der Waals surface area (Å²) in [5.41, 5.74) is 2.08. The average Bonchev–Trinajstić information content (AvgIpc) is 2.46. The highest BCUT2D eigenvalue weighted by Gasteiger charge is 2.37. The Bertz CT molecular complexity index is 486. The minimum atomic E-state index is -1.82. The molecule has 1 saturated carbocycles. The number of hydrogen-bond donors (Lipinski definition) is 2. The van der Waals surface area contributed by atoms with Crippen LogP contribution in [-0.2, 0) is 4.43 Å². The first-order chi connectivity index (χ1) is 11.3. The van der Waals surface area contributed by atoms with Gasteiger partial charge in [0.15, 0.2) is 8.32 Å². The zero-order valence-corrected chi connectivity index (χ0v) is 18.5. The molecule has 2 atom stereocenters. The van der Waals surface area contributed by atoms with Gasteiger partial charge in [0.1, 0.15) is 0 Å². The summed E-state index contributed by atoms with van der Waals surface area (Å²) in [6.45, 7) is 20.2. The van der Waals surface area contributed by atoms with Gasteiger partial charge in [-0.15, -0.1) is 0 Å². The molecule has 0 aromatic carbocycles. The lowest BCUT2D eigenvalue weighted by molar-refractivity contribution is 0.105. The first kappa shape index (κ1) is 22.6. The second-order valence-corrected chi connectivity index (χ2v) is 14.6. The smallest absolute Gasteiger partial charge is 0.192 e. The van der Waals surface area contributed by atoms with Gasteiger partial charge in [-0.1, -0.05) is 52.8 Å². The fourth-order valence-corrected chi connectivity index (χ4v) is 4.34. The molecule has 1 aliphatic carbocycles. The zero-order chi connectivity index (χ0) is 19.5. The number of aliphatic hydroxyl groups is 2. The number of rotatable bonds is 7. The maximum atomic E-state index is 10.7. The topological polar surface area (TPSA) is 49.7 Å². The molecule has 0 heterocycles. The molecule has 0 unspecified atom stereocenters. The number of allylic oxidation sites excluding steroid dienone is 1. The molecule has 2 N–H and O–H groups in total. The molecular formula is C21H40O3Si. The van der Waals surface area contributed by atoms with Crippen molar-refractivity contribution in [3.63, 3.8) is 0 Å². The summed E-state index contributed by atoms with van der Waals surface area (Å²) in [6, 6.07) is 0. The van der Waals surface area contributed by atoms with E-state index in [1.54, 1.807) is 0 Å². The molecule has 1 rings (SSSR count). The van der Waals surface area contributed by atoms with E-state index in [1.165, 1.54) is 12.0 Å². The lowest BCUT2D eigenvalue weighted by atomic mass is 9.64. The van der Waals surface area contributed by atoms with E-state index in [1.807, 2.05) is 6.08 Å². The largest absolute Gasteiger partial charge is 0.413 e. The quantitative estimate of drug-likeness (QED) is 0.488. The predicted molar refractivity (Wildman–Crippen MR) is 109 cm³/mol. The van der Waals surface area contributed by atoms with Crippen LogP contribution in [0.5, 0.6) is 0 Å². The molecular weight excluding hydrogens is 328 g/mol. The lowest BCUT2D eigenvalue weighted by Gasteiger charge is -2.41. The van der Waals surface area contributed by atoms with Crippen LogP contribution < -0.4 is 0 Å². The van der Waals surface area contributed by atoms with Crippen LogP contribution in [-0.4, -0.2) is 37.8 Å². The maximum Gasteiger partial charge on any atom is 0.192 e. The molecule has 25 heavy (non-hydrogen) atoms. The SMILES string of the molecule is C=C1CCCC(C)(C)[C@@H]1C[C@@H](O)/C(=C/CO[Si](C)(C)C(C)(C)C)CO. The molecule has 1 aliphatic rings. The normalized spacial score (nSPS) is 23.6. The van der Waals surface area contributed by atoms with E-state index in [2.05, 4.69) is 54.3 Å². The fraction of sp³-hybridized carbons (Fsp3) is 0.810. The van der Waals surface area contributed by atoms with Crippen LogP contribution in [0.15, 0.2) is 23.8 Å². The Kier molecular flexibility index (Phi) is 7.70. The Labute approximate surface area is 156 Å². The molecule has 0 spiro atoms. The van der Waals surface area contributed by atoms with E-state index < -0.39 is 14.4 Å². The minimum absolute atomic E-state index is 0.123. The van der Waals surface area contributed by atoms with Gasteiger partial charge in [0.05, 0.1) is 19.3 Å². The second-order valence-electron chi connectivity index (χ2n) is 9.81. The van der Waals surface area contributed by atoms with Gasteiger partial charge in [-0.3, -0.25) is 0 Å². The molecule has 4 heteroatoms. The van der Waals surface area contributed by atoms with Gasteiger partial charge in [-0.2, -0.15) is 0 Å². The van der Waals surface area contributed by atoms with Crippen LogP contribution in [0.4, 0.5) is 0 Å². The van der Waals surface area contributed by atoms with Crippen LogP contribution in [0.1, 0.15) is 60.3 Å². The Balaban J connectivity index is 2.73. The van der Waals surface area contributed by atoms with Gasteiger partial charge in [0, 0.05) is 0 Å². The first-order valence-electron chi connectivity index (χ1n) is 9.61. The van der Waals surface area contributed by atoms with Crippen molar-refractivity contribution in [2.24, 2.45) is 11.3 Å². The third-order valence-electron chi connectivity index (χ3n) is 6.42. The van der Waals surface area contributed by atoms with Crippen molar-refractivity contribution < 1.29 is 14.6 Å². The van der Waals surface area contributed by atoms with E-state index in [9.17, 15) is 10.2 Å². The van der Waals surface area contributed by atoms with Crippen LogP contribution >= 0.6 is 0 Å². The lowest BCUT2D eigenvalue weighted by Crippen LogP contribution is -2.40. The summed E-state index contributed by atoms with van der Waals surface area (Å²) < 4.78 is 6.15. The highest BCUT2D eigenvalue weighted by molar-refractivity contribution is 6.74. The molecule has 0 radical (unpaired) electrons. The van der Waals surface area contributed by atoms with Crippen molar-refractivity contribution in [1.82, 2.24) is 0 Å². The Morgan fingerprint density at radius 1 is 1.40 bits per heavy atom. The van der Waals surface area contributed by atoms with E-state index >= 15 is 0 Å². The summed E-state index contributed by atoms with van der Waals surface area (Å²) in [5.74, 6) is 0.299. The molecule has 0 aliphatic heterocycles. The molecule has 0 aromatic rings. The third kappa shape index (κ3) is 6.06. The van der Waals surface area contributed by atoms with Gasteiger partial charge < -0.3 is 14.6 Å². The molecule has 0 saturated heterocycles. The Hall–Kier alpha value is -0.423. The molecule has 146 valence electrons. The van der Waals surface area contributed by atoms with E-state index in [4.69, 9.17) is 4.43 Å². The van der Waals surface area contributed by atoms with Crippen LogP contribution in [0.3, 0.4) is 0 Å². The van der Waals surface area contributed by atoms with Crippen molar-refractivity contribution in [2.75, 3.05) is 13.2 Å². The minimum Gasteiger partial charge on any atom is -0.413 e. The Morgan fingerprint density at radius 2 is 2.00 bits per heavy atom. The van der Waals surface area contributed by atoms with E-state index in [0.717, 1.165) is 12.8 Å². The van der Waals surface area contributed by atoms with Crippen LogP contribution in [0.2, 0.25) is 18.1 Å². The second kappa shape index (κ2) is 8.51. The van der Waals surface area contributed by atoms with Gasteiger partial charge in [0.25, 0.3) is 0 Å². The fourth-order valence-electron chi connectivity index (χ4n) is 3.41. The summed E-state index contributed by atoms with van der Waals surface area (Å²) in [4.78, 5) is 0. The van der Waals surface area contributed by atoms with Crippen molar-refractivity contribution in [1.29, 1.82) is 0 Å². The van der Waals surface area contributed by atoms with Gasteiger partial charge in [-0.25, -0.2) is 0 Å².